The molecule has 0 radical (unpaired) electrons. The van der Waals surface area contributed by atoms with Gasteiger partial charge < -0.3 is 0 Å². The summed E-state index contributed by atoms with van der Waals surface area (Å²) in [6.07, 6.45) is 0. The van der Waals surface area contributed by atoms with Crippen molar-refractivity contribution in [2.45, 2.75) is 0 Å². The Hall–Kier alpha value is -0.360. The number of rotatable bonds is 1. The largest absolute Gasteiger partial charge is 0.272 e. The minimum absolute atomic E-state index is 0.0517. The summed E-state index contributed by atoms with van der Waals surface area (Å²) >= 11 is 3.10. The Labute approximate surface area is 78.6 Å². The average Bonchev–Trinajstić information content (AvgIpc) is 2.59. The highest BCUT2D eigenvalue weighted by Gasteiger charge is 2.33. The zero-order valence-corrected chi connectivity index (χ0v) is 7.99. The predicted octanol–water partition coefficient (Wildman–Crippen LogP) is -0.0328. The fourth-order valence-corrected chi connectivity index (χ4v) is 2.88. The standard InChI is InChI=1S/C6H8N2O2S2/c9-5-1-11-3-7(5)8-4-12-2-6(8)10/h1-4H2. The van der Waals surface area contributed by atoms with Gasteiger partial charge in [-0.3, -0.25) is 9.59 Å². The van der Waals surface area contributed by atoms with E-state index in [0.717, 1.165) is 0 Å². The molecule has 2 amide bonds. The van der Waals surface area contributed by atoms with E-state index in [1.54, 1.807) is 33.5 Å². The molecule has 2 rings (SSSR count). The second-order valence-corrected chi connectivity index (χ2v) is 4.45. The van der Waals surface area contributed by atoms with Gasteiger partial charge in [0, 0.05) is 0 Å². The normalized spacial score (nSPS) is 24.3. The number of hydrogen-bond acceptors (Lipinski definition) is 4. The van der Waals surface area contributed by atoms with Crippen LogP contribution in [0.2, 0.25) is 0 Å². The van der Waals surface area contributed by atoms with Crippen molar-refractivity contribution in [1.29, 1.82) is 0 Å². The molecule has 0 aromatic carbocycles. The van der Waals surface area contributed by atoms with E-state index in [9.17, 15) is 9.59 Å². The van der Waals surface area contributed by atoms with Gasteiger partial charge >= 0.3 is 0 Å². The van der Waals surface area contributed by atoms with E-state index in [0.29, 0.717) is 23.3 Å². The Morgan fingerprint density at radius 3 is 1.58 bits per heavy atom. The molecule has 0 unspecified atom stereocenters. The molecule has 0 N–H and O–H groups in total. The molecule has 0 aliphatic carbocycles. The van der Waals surface area contributed by atoms with E-state index in [1.165, 1.54) is 0 Å². The lowest BCUT2D eigenvalue weighted by atomic mass is 10.6. The molecule has 0 spiro atoms. The van der Waals surface area contributed by atoms with Gasteiger partial charge in [0.1, 0.15) is 0 Å². The molecular formula is C6H8N2O2S2. The monoisotopic (exact) mass is 204 g/mol. The molecule has 0 bridgehead atoms. The number of hydrazine groups is 1. The second-order valence-electron chi connectivity index (χ2n) is 2.54. The maximum atomic E-state index is 11.2. The highest BCUT2D eigenvalue weighted by Crippen LogP contribution is 2.23. The van der Waals surface area contributed by atoms with Crippen LogP contribution in [0, 0.1) is 0 Å². The topological polar surface area (TPSA) is 40.6 Å². The molecule has 12 heavy (non-hydrogen) atoms. The van der Waals surface area contributed by atoms with Gasteiger partial charge in [-0.25, -0.2) is 10.0 Å². The molecule has 66 valence electrons. The van der Waals surface area contributed by atoms with Gasteiger partial charge in [0.2, 0.25) is 0 Å². The molecule has 2 saturated heterocycles. The molecule has 4 nitrogen and oxygen atoms in total. The summed E-state index contributed by atoms with van der Waals surface area (Å²) in [6.45, 7) is 0. The van der Waals surface area contributed by atoms with Crippen LogP contribution in [0.25, 0.3) is 0 Å². The van der Waals surface area contributed by atoms with Crippen molar-refractivity contribution in [3.63, 3.8) is 0 Å². The van der Waals surface area contributed by atoms with Crippen LogP contribution in [0.1, 0.15) is 0 Å². The van der Waals surface area contributed by atoms with E-state index in [-0.39, 0.29) is 11.8 Å². The summed E-state index contributed by atoms with van der Waals surface area (Å²) in [4.78, 5) is 22.4. The Balaban J connectivity index is 2.08. The molecule has 0 aromatic rings. The predicted molar refractivity (Wildman–Crippen MR) is 48.3 cm³/mol. The lowest BCUT2D eigenvalue weighted by Gasteiger charge is -2.25. The fraction of sp³-hybridized carbons (Fsp3) is 0.667. The first-order valence-electron chi connectivity index (χ1n) is 3.55. The average molecular weight is 204 g/mol. The molecule has 2 aliphatic heterocycles. The number of carbonyl (C=O) groups is 2. The van der Waals surface area contributed by atoms with Gasteiger partial charge in [0.05, 0.1) is 23.3 Å². The fourth-order valence-electron chi connectivity index (χ4n) is 1.14. The molecule has 0 aromatic heterocycles. The summed E-state index contributed by atoms with van der Waals surface area (Å²) in [5.41, 5.74) is 0. The Bertz CT molecular complexity index is 210. The highest BCUT2D eigenvalue weighted by atomic mass is 32.2. The summed E-state index contributed by atoms with van der Waals surface area (Å²) in [5, 5.41) is 3.10. The van der Waals surface area contributed by atoms with Crippen LogP contribution in [0.3, 0.4) is 0 Å². The summed E-state index contributed by atoms with van der Waals surface area (Å²) in [5.74, 6) is 2.38. The molecule has 2 fully saturated rings. The maximum Gasteiger partial charge on any atom is 0.252 e. The van der Waals surface area contributed by atoms with E-state index >= 15 is 0 Å². The number of carbonyl (C=O) groups excluding carboxylic acids is 2. The quantitative estimate of drug-likeness (QED) is 0.601. The molecule has 0 saturated carbocycles. The van der Waals surface area contributed by atoms with Crippen molar-refractivity contribution in [2.24, 2.45) is 0 Å². The van der Waals surface area contributed by atoms with Gasteiger partial charge in [-0.2, -0.15) is 0 Å². The van der Waals surface area contributed by atoms with Crippen LogP contribution in [0.4, 0.5) is 0 Å². The molecular weight excluding hydrogens is 196 g/mol. The molecule has 6 heteroatoms. The third kappa shape index (κ3) is 1.29. The van der Waals surface area contributed by atoms with Crippen LogP contribution in [-0.4, -0.2) is 45.1 Å². The SMILES string of the molecule is O=C1CSCN1N1CSCC1=O. The van der Waals surface area contributed by atoms with Gasteiger partial charge in [-0.15, -0.1) is 23.5 Å². The minimum atomic E-state index is 0.0517. The summed E-state index contributed by atoms with van der Waals surface area (Å²) < 4.78 is 0. The first-order chi connectivity index (χ1) is 5.79. The zero-order valence-electron chi connectivity index (χ0n) is 6.36. The Morgan fingerprint density at radius 1 is 0.917 bits per heavy atom. The number of hydrogen-bond donors (Lipinski definition) is 0. The van der Waals surface area contributed by atoms with Crippen molar-refractivity contribution in [2.75, 3.05) is 23.3 Å². The van der Waals surface area contributed by atoms with E-state index in [1.807, 2.05) is 0 Å². The smallest absolute Gasteiger partial charge is 0.252 e. The van der Waals surface area contributed by atoms with Gasteiger partial charge in [-0.1, -0.05) is 0 Å². The third-order valence-electron chi connectivity index (χ3n) is 1.75. The van der Waals surface area contributed by atoms with Crippen molar-refractivity contribution in [1.82, 2.24) is 10.0 Å². The van der Waals surface area contributed by atoms with Crippen molar-refractivity contribution >= 4 is 35.3 Å². The van der Waals surface area contributed by atoms with E-state index < -0.39 is 0 Å². The summed E-state index contributed by atoms with van der Waals surface area (Å²) in [6, 6.07) is 0. The zero-order chi connectivity index (χ0) is 8.55. The van der Waals surface area contributed by atoms with Crippen LogP contribution in [0.5, 0.6) is 0 Å². The number of amides is 2. The van der Waals surface area contributed by atoms with E-state index in [4.69, 9.17) is 0 Å². The van der Waals surface area contributed by atoms with Crippen LogP contribution >= 0.6 is 23.5 Å². The molecule has 2 aliphatic rings. The first-order valence-corrected chi connectivity index (χ1v) is 5.86. The van der Waals surface area contributed by atoms with Crippen LogP contribution < -0.4 is 0 Å². The molecule has 2 heterocycles. The van der Waals surface area contributed by atoms with Crippen LogP contribution in [0.15, 0.2) is 0 Å². The molecule has 0 atom stereocenters. The minimum Gasteiger partial charge on any atom is -0.272 e. The lowest BCUT2D eigenvalue weighted by Crippen LogP contribution is -2.44. The Morgan fingerprint density at radius 2 is 1.33 bits per heavy atom. The van der Waals surface area contributed by atoms with Gasteiger partial charge in [-0.05, 0) is 0 Å². The van der Waals surface area contributed by atoms with Crippen molar-refractivity contribution < 1.29 is 9.59 Å². The number of nitrogens with zero attached hydrogens (tertiary/aromatic N) is 2. The van der Waals surface area contributed by atoms with E-state index in [2.05, 4.69) is 0 Å². The lowest BCUT2D eigenvalue weighted by molar-refractivity contribution is -0.153. The van der Waals surface area contributed by atoms with Crippen LogP contribution in [-0.2, 0) is 9.59 Å². The summed E-state index contributed by atoms with van der Waals surface area (Å²) in [7, 11) is 0. The number of thioether (sulfide) groups is 2. The maximum absolute atomic E-state index is 11.2. The first kappa shape index (κ1) is 8.25. The van der Waals surface area contributed by atoms with Crippen molar-refractivity contribution in [3.8, 4) is 0 Å². The highest BCUT2D eigenvalue weighted by molar-refractivity contribution is 8.00. The van der Waals surface area contributed by atoms with Crippen molar-refractivity contribution in [3.05, 3.63) is 0 Å². The Kier molecular flexibility index (Phi) is 2.18. The van der Waals surface area contributed by atoms with Gasteiger partial charge in [0.25, 0.3) is 11.8 Å². The van der Waals surface area contributed by atoms with Gasteiger partial charge in [0.15, 0.2) is 0 Å². The third-order valence-corrected chi connectivity index (χ3v) is 3.50. The second kappa shape index (κ2) is 3.18.